The molecule has 2 rings (SSSR count). The summed E-state index contributed by atoms with van der Waals surface area (Å²) < 4.78 is 4.93. The second-order valence-corrected chi connectivity index (χ2v) is 3.59. The monoisotopic (exact) mass is 242 g/mol. The third-order valence-electron chi connectivity index (χ3n) is 2.56. The molecule has 0 aliphatic rings. The molecule has 0 fully saturated rings. The summed E-state index contributed by atoms with van der Waals surface area (Å²) in [4.78, 5) is 13.9. The number of nitrogens with one attached hydrogen (secondary N) is 1. The van der Waals surface area contributed by atoms with Gasteiger partial charge in [-0.25, -0.2) is 0 Å². The van der Waals surface area contributed by atoms with Gasteiger partial charge in [0, 0.05) is 11.8 Å². The van der Waals surface area contributed by atoms with Gasteiger partial charge in [0.25, 0.3) is 5.56 Å². The summed E-state index contributed by atoms with van der Waals surface area (Å²) in [6, 6.07) is 8.17. The van der Waals surface area contributed by atoms with E-state index in [1.807, 2.05) is 6.07 Å². The van der Waals surface area contributed by atoms with E-state index in [9.17, 15) is 9.90 Å². The lowest BCUT2D eigenvalue weighted by molar-refractivity contribution is 0.373. The van der Waals surface area contributed by atoms with Gasteiger partial charge >= 0.3 is 0 Å². The third kappa shape index (κ3) is 1.92. The van der Waals surface area contributed by atoms with Gasteiger partial charge in [-0.1, -0.05) is 6.07 Å². The molecule has 2 N–H and O–H groups in total. The Morgan fingerprint density at radius 2 is 2.17 bits per heavy atom. The molecule has 5 nitrogen and oxygen atoms in total. The molecule has 90 valence electrons. The first-order valence-corrected chi connectivity index (χ1v) is 5.16. The second kappa shape index (κ2) is 4.63. The smallest absolute Gasteiger partial charge is 0.266 e. The summed E-state index contributed by atoms with van der Waals surface area (Å²) in [6.45, 7) is 0. The van der Waals surface area contributed by atoms with Gasteiger partial charge in [0.05, 0.1) is 7.11 Å². The van der Waals surface area contributed by atoms with Crippen molar-refractivity contribution in [1.29, 1.82) is 5.26 Å². The van der Waals surface area contributed by atoms with E-state index < -0.39 is 5.56 Å². The number of nitriles is 1. The van der Waals surface area contributed by atoms with E-state index in [0.717, 1.165) is 0 Å². The van der Waals surface area contributed by atoms with Crippen molar-refractivity contribution in [3.8, 4) is 28.7 Å². The molecule has 1 heterocycles. The number of pyridine rings is 1. The lowest BCUT2D eigenvalue weighted by Crippen LogP contribution is -2.10. The van der Waals surface area contributed by atoms with E-state index >= 15 is 0 Å². The van der Waals surface area contributed by atoms with Crippen LogP contribution in [0.4, 0.5) is 0 Å². The van der Waals surface area contributed by atoms with Crippen molar-refractivity contribution in [3.63, 3.8) is 0 Å². The highest BCUT2D eigenvalue weighted by Gasteiger charge is 2.10. The number of hydrogen-bond acceptors (Lipinski definition) is 4. The standard InChI is InChI=1S/C13H10N2O3/c1-18-12-3-2-8(6-11(12)16)9-4-5-15-13(17)10(9)7-14/h2-6,16H,1H3,(H,15,17). The van der Waals surface area contributed by atoms with Gasteiger partial charge in [0.15, 0.2) is 11.5 Å². The molecular formula is C13H10N2O3. The van der Waals surface area contributed by atoms with Crippen LogP contribution in [0.3, 0.4) is 0 Å². The molecule has 1 aromatic carbocycles. The number of aromatic amines is 1. The first-order chi connectivity index (χ1) is 8.67. The highest BCUT2D eigenvalue weighted by atomic mass is 16.5. The molecule has 0 radical (unpaired) electrons. The van der Waals surface area contributed by atoms with Gasteiger partial charge in [0.2, 0.25) is 0 Å². The number of rotatable bonds is 2. The maximum absolute atomic E-state index is 11.5. The molecule has 18 heavy (non-hydrogen) atoms. The number of phenols is 1. The third-order valence-corrected chi connectivity index (χ3v) is 2.56. The largest absolute Gasteiger partial charge is 0.504 e. The molecule has 1 aromatic heterocycles. The van der Waals surface area contributed by atoms with Crippen LogP contribution in [0.15, 0.2) is 35.3 Å². The highest BCUT2D eigenvalue weighted by Crippen LogP contribution is 2.31. The molecule has 0 bridgehead atoms. The number of aromatic hydroxyl groups is 1. The molecule has 0 saturated heterocycles. The van der Waals surface area contributed by atoms with Crippen LogP contribution in [0.2, 0.25) is 0 Å². The Bertz CT molecular complexity index is 683. The number of ether oxygens (including phenoxy) is 1. The maximum Gasteiger partial charge on any atom is 0.266 e. The Balaban J connectivity index is 2.64. The number of aromatic nitrogens is 1. The quantitative estimate of drug-likeness (QED) is 0.837. The fraction of sp³-hybridized carbons (Fsp3) is 0.0769. The van der Waals surface area contributed by atoms with Crippen LogP contribution in [0.1, 0.15) is 5.56 Å². The summed E-state index contributed by atoms with van der Waals surface area (Å²) in [6.07, 6.45) is 1.46. The second-order valence-electron chi connectivity index (χ2n) is 3.59. The SMILES string of the molecule is COc1ccc(-c2cc[nH]c(=O)c2C#N)cc1O. The summed E-state index contributed by atoms with van der Waals surface area (Å²) in [5.41, 5.74) is 0.613. The Labute approximate surface area is 103 Å². The minimum Gasteiger partial charge on any atom is -0.504 e. The normalized spacial score (nSPS) is 9.78. The lowest BCUT2D eigenvalue weighted by atomic mass is 10.0. The van der Waals surface area contributed by atoms with Crippen molar-refractivity contribution >= 4 is 0 Å². The number of H-pyrrole nitrogens is 1. The van der Waals surface area contributed by atoms with E-state index in [-0.39, 0.29) is 11.3 Å². The van der Waals surface area contributed by atoms with E-state index in [4.69, 9.17) is 10.00 Å². The fourth-order valence-electron chi connectivity index (χ4n) is 1.69. The molecule has 2 aromatic rings. The lowest BCUT2D eigenvalue weighted by Gasteiger charge is -2.07. The van der Waals surface area contributed by atoms with Crippen molar-refractivity contribution in [2.75, 3.05) is 7.11 Å². The van der Waals surface area contributed by atoms with Crippen LogP contribution in [0.25, 0.3) is 11.1 Å². The maximum atomic E-state index is 11.5. The first kappa shape index (κ1) is 11.7. The molecule has 0 aliphatic heterocycles. The van der Waals surface area contributed by atoms with Gasteiger partial charge in [-0.3, -0.25) is 4.79 Å². The van der Waals surface area contributed by atoms with Crippen LogP contribution in [0.5, 0.6) is 11.5 Å². The van der Waals surface area contributed by atoms with Crippen LogP contribution in [0, 0.1) is 11.3 Å². The predicted molar refractivity (Wildman–Crippen MR) is 65.4 cm³/mol. The van der Waals surface area contributed by atoms with E-state index in [1.165, 1.54) is 19.4 Å². The molecule has 0 aliphatic carbocycles. The van der Waals surface area contributed by atoms with Crippen LogP contribution in [-0.4, -0.2) is 17.2 Å². The van der Waals surface area contributed by atoms with Crippen molar-refractivity contribution in [1.82, 2.24) is 4.98 Å². The topological polar surface area (TPSA) is 86.1 Å². The van der Waals surface area contributed by atoms with Crippen molar-refractivity contribution in [2.24, 2.45) is 0 Å². The van der Waals surface area contributed by atoms with Gasteiger partial charge in [-0.2, -0.15) is 5.26 Å². The number of methoxy groups -OCH3 is 1. The Morgan fingerprint density at radius 3 is 2.78 bits per heavy atom. The zero-order valence-corrected chi connectivity index (χ0v) is 9.60. The van der Waals surface area contributed by atoms with Crippen molar-refractivity contribution in [3.05, 3.63) is 46.4 Å². The van der Waals surface area contributed by atoms with E-state index in [2.05, 4.69) is 4.98 Å². The summed E-state index contributed by atoms with van der Waals surface area (Å²) in [5.74, 6) is 0.293. The predicted octanol–water partition coefficient (Wildman–Crippen LogP) is 1.63. The average Bonchev–Trinajstić information content (AvgIpc) is 2.38. The Hall–Kier alpha value is -2.74. The molecule has 0 spiro atoms. The van der Waals surface area contributed by atoms with Crippen LogP contribution < -0.4 is 10.3 Å². The number of phenolic OH excluding ortho intramolecular Hbond substituents is 1. The highest BCUT2D eigenvalue weighted by molar-refractivity contribution is 5.72. The average molecular weight is 242 g/mol. The summed E-state index contributed by atoms with van der Waals surface area (Å²) >= 11 is 0. The summed E-state index contributed by atoms with van der Waals surface area (Å²) in [5, 5.41) is 18.7. The molecule has 0 amide bonds. The molecule has 5 heteroatoms. The van der Waals surface area contributed by atoms with Crippen LogP contribution in [-0.2, 0) is 0 Å². The molecule has 0 saturated carbocycles. The minimum atomic E-state index is -0.453. The van der Waals surface area contributed by atoms with Gasteiger partial charge in [0.1, 0.15) is 11.6 Å². The van der Waals surface area contributed by atoms with Gasteiger partial charge in [-0.05, 0) is 23.8 Å². The molecular weight excluding hydrogens is 232 g/mol. The van der Waals surface area contributed by atoms with Gasteiger partial charge in [-0.15, -0.1) is 0 Å². The molecule has 0 unspecified atom stereocenters. The van der Waals surface area contributed by atoms with Crippen molar-refractivity contribution < 1.29 is 9.84 Å². The number of benzene rings is 1. The van der Waals surface area contributed by atoms with Crippen LogP contribution >= 0.6 is 0 Å². The summed E-state index contributed by atoms with van der Waals surface area (Å²) in [7, 11) is 1.45. The Kier molecular flexibility index (Phi) is 3.02. The Morgan fingerprint density at radius 1 is 1.39 bits per heavy atom. The zero-order valence-electron chi connectivity index (χ0n) is 9.60. The minimum absolute atomic E-state index is 0.0158. The van der Waals surface area contributed by atoms with E-state index in [0.29, 0.717) is 16.9 Å². The molecule has 0 atom stereocenters. The zero-order chi connectivity index (χ0) is 13.1. The number of hydrogen-bond donors (Lipinski definition) is 2. The number of nitrogens with zero attached hydrogens (tertiary/aromatic N) is 1. The fourth-order valence-corrected chi connectivity index (χ4v) is 1.69. The van der Waals surface area contributed by atoms with E-state index in [1.54, 1.807) is 18.2 Å². The van der Waals surface area contributed by atoms with Gasteiger partial charge < -0.3 is 14.8 Å². The van der Waals surface area contributed by atoms with Crippen molar-refractivity contribution in [2.45, 2.75) is 0 Å². The first-order valence-electron chi connectivity index (χ1n) is 5.16.